The maximum Gasteiger partial charge on any atom is 0.169 e. The highest BCUT2D eigenvalue weighted by atomic mass is 16.1. The molecule has 1 rings (SSSR count). The third kappa shape index (κ3) is 2.03. The van der Waals surface area contributed by atoms with Crippen molar-refractivity contribution < 1.29 is 4.79 Å². The Balaban J connectivity index is 2.93. The molecule has 14 heavy (non-hydrogen) atoms. The number of hydrogen-bond acceptors (Lipinski definition) is 2. The van der Waals surface area contributed by atoms with Crippen molar-refractivity contribution in [3.63, 3.8) is 0 Å². The number of aryl methyl sites for hydroxylation is 2. The standard InChI is InChI=1S/C11H18N2O/c1-5-9(6-2)11(14)10-7-13(4)12-8(10)3/h7,9H,5-6H2,1-4H3. The minimum absolute atomic E-state index is 0.151. The zero-order chi connectivity index (χ0) is 10.7. The molecule has 0 N–H and O–H groups in total. The Morgan fingerprint density at radius 3 is 2.43 bits per heavy atom. The summed E-state index contributed by atoms with van der Waals surface area (Å²) < 4.78 is 1.70. The van der Waals surface area contributed by atoms with Gasteiger partial charge in [-0.05, 0) is 19.8 Å². The summed E-state index contributed by atoms with van der Waals surface area (Å²) in [6.45, 7) is 5.99. The molecule has 0 fully saturated rings. The van der Waals surface area contributed by atoms with Gasteiger partial charge in [0.05, 0.1) is 11.3 Å². The molecular weight excluding hydrogens is 176 g/mol. The Labute approximate surface area is 85.1 Å². The van der Waals surface area contributed by atoms with E-state index in [1.807, 2.05) is 20.2 Å². The highest BCUT2D eigenvalue weighted by Gasteiger charge is 2.19. The summed E-state index contributed by atoms with van der Waals surface area (Å²) in [5.74, 6) is 0.388. The number of nitrogens with zero attached hydrogens (tertiary/aromatic N) is 2. The number of carbonyl (C=O) groups excluding carboxylic acids is 1. The van der Waals surface area contributed by atoms with Crippen molar-refractivity contribution in [3.8, 4) is 0 Å². The van der Waals surface area contributed by atoms with Crippen LogP contribution in [0.3, 0.4) is 0 Å². The van der Waals surface area contributed by atoms with E-state index in [1.165, 1.54) is 0 Å². The number of hydrogen-bond donors (Lipinski definition) is 0. The molecule has 0 aliphatic heterocycles. The zero-order valence-electron chi connectivity index (χ0n) is 9.37. The topological polar surface area (TPSA) is 34.9 Å². The largest absolute Gasteiger partial charge is 0.294 e. The van der Waals surface area contributed by atoms with Crippen LogP contribution in [0.2, 0.25) is 0 Å². The molecule has 0 spiro atoms. The van der Waals surface area contributed by atoms with E-state index in [0.29, 0.717) is 0 Å². The number of Topliss-reactive ketones (excluding diaryl/α,β-unsaturated/α-hetero) is 1. The summed E-state index contributed by atoms with van der Waals surface area (Å²) in [5.41, 5.74) is 1.62. The van der Waals surface area contributed by atoms with Crippen LogP contribution in [0.15, 0.2) is 6.20 Å². The van der Waals surface area contributed by atoms with Crippen LogP contribution >= 0.6 is 0 Å². The van der Waals surface area contributed by atoms with Crippen LogP contribution in [0.25, 0.3) is 0 Å². The van der Waals surface area contributed by atoms with Gasteiger partial charge in [-0.25, -0.2) is 0 Å². The van der Waals surface area contributed by atoms with Crippen molar-refractivity contribution in [2.75, 3.05) is 0 Å². The third-order valence-electron chi connectivity index (χ3n) is 2.64. The average molecular weight is 194 g/mol. The van der Waals surface area contributed by atoms with Crippen LogP contribution in [0, 0.1) is 12.8 Å². The van der Waals surface area contributed by atoms with E-state index < -0.39 is 0 Å². The number of aromatic nitrogens is 2. The van der Waals surface area contributed by atoms with E-state index in [2.05, 4.69) is 18.9 Å². The van der Waals surface area contributed by atoms with Crippen molar-refractivity contribution >= 4 is 5.78 Å². The van der Waals surface area contributed by atoms with E-state index in [-0.39, 0.29) is 11.7 Å². The van der Waals surface area contributed by atoms with Crippen molar-refractivity contribution in [2.45, 2.75) is 33.6 Å². The number of carbonyl (C=O) groups is 1. The molecule has 3 heteroatoms. The summed E-state index contributed by atoms with van der Waals surface area (Å²) in [4.78, 5) is 12.0. The minimum Gasteiger partial charge on any atom is -0.294 e. The molecule has 1 aromatic heterocycles. The van der Waals surface area contributed by atoms with Crippen molar-refractivity contribution in [2.24, 2.45) is 13.0 Å². The summed E-state index contributed by atoms with van der Waals surface area (Å²) in [7, 11) is 1.84. The smallest absolute Gasteiger partial charge is 0.169 e. The number of ketones is 1. The summed E-state index contributed by atoms with van der Waals surface area (Å²) in [5, 5.41) is 4.18. The maximum absolute atomic E-state index is 12.0. The molecule has 0 aliphatic rings. The predicted octanol–water partition coefficient (Wildman–Crippen LogP) is 2.35. The van der Waals surface area contributed by atoms with Crippen molar-refractivity contribution in [1.82, 2.24) is 9.78 Å². The highest BCUT2D eigenvalue weighted by Crippen LogP contribution is 2.17. The Morgan fingerprint density at radius 2 is 2.07 bits per heavy atom. The highest BCUT2D eigenvalue weighted by molar-refractivity contribution is 5.98. The second kappa shape index (κ2) is 4.40. The van der Waals surface area contributed by atoms with Gasteiger partial charge in [-0.2, -0.15) is 5.10 Å². The van der Waals surface area contributed by atoms with Crippen LogP contribution in [0.4, 0.5) is 0 Å². The fraction of sp³-hybridized carbons (Fsp3) is 0.636. The number of rotatable bonds is 4. The molecule has 78 valence electrons. The first-order valence-corrected chi connectivity index (χ1v) is 5.14. The quantitative estimate of drug-likeness (QED) is 0.689. The summed E-state index contributed by atoms with van der Waals surface area (Å²) >= 11 is 0. The zero-order valence-corrected chi connectivity index (χ0v) is 9.37. The van der Waals surface area contributed by atoms with Crippen LogP contribution in [-0.4, -0.2) is 15.6 Å². The fourth-order valence-corrected chi connectivity index (χ4v) is 1.72. The summed E-state index contributed by atoms with van der Waals surface area (Å²) in [6, 6.07) is 0. The van der Waals surface area contributed by atoms with Crippen LogP contribution in [0.5, 0.6) is 0 Å². The molecule has 0 atom stereocenters. The molecule has 1 aromatic rings. The molecule has 3 nitrogen and oxygen atoms in total. The SMILES string of the molecule is CCC(CC)C(=O)c1cn(C)nc1C. The van der Waals surface area contributed by atoms with Crippen LogP contribution < -0.4 is 0 Å². The Hall–Kier alpha value is -1.12. The molecule has 0 unspecified atom stereocenters. The first-order chi connectivity index (χ1) is 6.60. The minimum atomic E-state index is 0.151. The van der Waals surface area contributed by atoms with Gasteiger partial charge in [-0.1, -0.05) is 13.8 Å². The Bertz CT molecular complexity index is 324. The monoisotopic (exact) mass is 194 g/mol. The van der Waals surface area contributed by atoms with E-state index in [9.17, 15) is 4.79 Å². The summed E-state index contributed by atoms with van der Waals surface area (Å²) in [6.07, 6.45) is 3.63. The molecule has 0 saturated carbocycles. The lowest BCUT2D eigenvalue weighted by molar-refractivity contribution is 0.0912. The molecule has 0 radical (unpaired) electrons. The molecule has 0 aliphatic carbocycles. The first-order valence-electron chi connectivity index (χ1n) is 5.14. The molecule has 0 bridgehead atoms. The van der Waals surface area contributed by atoms with E-state index in [0.717, 1.165) is 24.1 Å². The van der Waals surface area contributed by atoms with Gasteiger partial charge in [0.15, 0.2) is 5.78 Å². The van der Waals surface area contributed by atoms with E-state index in [1.54, 1.807) is 4.68 Å². The lowest BCUT2D eigenvalue weighted by Gasteiger charge is -2.09. The molecule has 1 heterocycles. The molecule has 0 aromatic carbocycles. The van der Waals surface area contributed by atoms with Crippen molar-refractivity contribution in [1.29, 1.82) is 0 Å². The van der Waals surface area contributed by atoms with Gasteiger partial charge in [-0.15, -0.1) is 0 Å². The van der Waals surface area contributed by atoms with Gasteiger partial charge in [0.1, 0.15) is 0 Å². The van der Waals surface area contributed by atoms with Gasteiger partial charge in [0, 0.05) is 19.2 Å². The Kier molecular flexibility index (Phi) is 3.44. The predicted molar refractivity (Wildman–Crippen MR) is 56.3 cm³/mol. The maximum atomic E-state index is 12.0. The second-order valence-corrected chi connectivity index (χ2v) is 3.68. The third-order valence-corrected chi connectivity index (χ3v) is 2.64. The van der Waals surface area contributed by atoms with Crippen molar-refractivity contribution in [3.05, 3.63) is 17.5 Å². The Morgan fingerprint density at radius 1 is 1.50 bits per heavy atom. The van der Waals surface area contributed by atoms with E-state index >= 15 is 0 Å². The van der Waals surface area contributed by atoms with Gasteiger partial charge in [-0.3, -0.25) is 9.48 Å². The fourth-order valence-electron chi connectivity index (χ4n) is 1.72. The van der Waals surface area contributed by atoms with E-state index in [4.69, 9.17) is 0 Å². The lowest BCUT2D eigenvalue weighted by atomic mass is 9.93. The normalized spacial score (nSPS) is 10.9. The average Bonchev–Trinajstić information content (AvgIpc) is 2.47. The van der Waals surface area contributed by atoms with Gasteiger partial charge in [0.2, 0.25) is 0 Å². The van der Waals surface area contributed by atoms with Crippen LogP contribution in [0.1, 0.15) is 42.7 Å². The lowest BCUT2D eigenvalue weighted by Crippen LogP contribution is -2.13. The molecular formula is C11H18N2O. The van der Waals surface area contributed by atoms with Crippen LogP contribution in [-0.2, 0) is 7.05 Å². The first kappa shape index (κ1) is 11.0. The van der Waals surface area contributed by atoms with Gasteiger partial charge >= 0.3 is 0 Å². The van der Waals surface area contributed by atoms with Gasteiger partial charge in [0.25, 0.3) is 0 Å². The molecule has 0 amide bonds. The second-order valence-electron chi connectivity index (χ2n) is 3.68. The molecule has 0 saturated heterocycles. The van der Waals surface area contributed by atoms with Gasteiger partial charge < -0.3 is 0 Å².